The summed E-state index contributed by atoms with van der Waals surface area (Å²) in [6, 6.07) is 0. The van der Waals surface area contributed by atoms with Gasteiger partial charge in [0.15, 0.2) is 8.46 Å². The van der Waals surface area contributed by atoms with Gasteiger partial charge >= 0.3 is 0 Å². The van der Waals surface area contributed by atoms with E-state index in [1.165, 1.54) is 0 Å². The van der Waals surface area contributed by atoms with Crippen molar-refractivity contribution in [1.29, 1.82) is 0 Å². The van der Waals surface area contributed by atoms with E-state index in [1.54, 1.807) is 6.08 Å². The van der Waals surface area contributed by atoms with E-state index in [4.69, 9.17) is 5.11 Å². The van der Waals surface area contributed by atoms with Gasteiger partial charge in [-0.3, -0.25) is 4.57 Å². The van der Waals surface area contributed by atoms with Crippen LogP contribution < -0.4 is 0 Å². The van der Waals surface area contributed by atoms with Crippen LogP contribution in [-0.4, -0.2) is 5.11 Å². The predicted octanol–water partition coefficient (Wildman–Crippen LogP) is 2.46. The lowest BCUT2D eigenvalue weighted by atomic mass is 10.3. The van der Waals surface area contributed by atoms with Gasteiger partial charge in [0.05, 0.1) is 0 Å². The highest BCUT2D eigenvalue weighted by atomic mass is 31.1. The van der Waals surface area contributed by atoms with Crippen LogP contribution in [0.4, 0.5) is 0 Å². The van der Waals surface area contributed by atoms with Crippen LogP contribution >= 0.6 is 8.46 Å². The standard InChI is InChI=1S/C6H8O2P/c1-3-4-6(9-8)5(2)7/h3,7H,1-2,4H2. The Morgan fingerprint density at radius 1 is 1.78 bits per heavy atom. The molecule has 0 spiro atoms. The minimum atomic E-state index is -0.185. The number of hydrogen-bond donors (Lipinski definition) is 1. The fraction of sp³-hybridized carbons (Fsp3) is 0.167. The molecule has 0 aromatic rings. The van der Waals surface area contributed by atoms with Crippen LogP contribution in [0.1, 0.15) is 6.42 Å². The Balaban J connectivity index is 3.81. The maximum Gasteiger partial charge on any atom is 0.172 e. The number of hydrogen-bond acceptors (Lipinski definition) is 2. The van der Waals surface area contributed by atoms with Crippen LogP contribution in [0.2, 0.25) is 0 Å². The van der Waals surface area contributed by atoms with Crippen LogP contribution in [0.3, 0.4) is 0 Å². The summed E-state index contributed by atoms with van der Waals surface area (Å²) in [5.41, 5.74) is 0.380. The fourth-order valence-electron chi connectivity index (χ4n) is 0.344. The number of aliphatic hydroxyl groups excluding tert-OH is 1. The summed E-state index contributed by atoms with van der Waals surface area (Å²) in [7, 11) is -0.185. The zero-order valence-corrected chi connectivity index (χ0v) is 5.90. The first kappa shape index (κ1) is 8.38. The number of allylic oxidation sites excluding steroid dienone is 2. The molecule has 0 atom stereocenters. The molecular formula is C6H8O2P. The lowest BCUT2D eigenvalue weighted by Crippen LogP contribution is -1.88. The van der Waals surface area contributed by atoms with E-state index in [2.05, 4.69) is 13.2 Å². The van der Waals surface area contributed by atoms with Gasteiger partial charge in [0.1, 0.15) is 11.4 Å². The summed E-state index contributed by atoms with van der Waals surface area (Å²) in [4.78, 5) is 0. The zero-order chi connectivity index (χ0) is 7.28. The molecule has 0 unspecified atom stereocenters. The molecule has 0 aliphatic carbocycles. The summed E-state index contributed by atoms with van der Waals surface area (Å²) in [5.74, 6) is -0.133. The number of rotatable bonds is 4. The zero-order valence-electron chi connectivity index (χ0n) is 5.00. The molecule has 0 fully saturated rings. The topological polar surface area (TPSA) is 37.3 Å². The van der Waals surface area contributed by atoms with Crippen molar-refractivity contribution < 1.29 is 9.67 Å². The molecular weight excluding hydrogens is 135 g/mol. The van der Waals surface area contributed by atoms with Crippen molar-refractivity contribution in [3.05, 3.63) is 30.7 Å². The Kier molecular flexibility index (Phi) is 3.98. The van der Waals surface area contributed by atoms with Crippen LogP contribution in [0.5, 0.6) is 0 Å². The van der Waals surface area contributed by atoms with Gasteiger partial charge in [-0.1, -0.05) is 12.7 Å². The highest BCUT2D eigenvalue weighted by Crippen LogP contribution is 2.25. The first-order valence-corrected chi connectivity index (χ1v) is 3.22. The Bertz CT molecular complexity index is 131. The van der Waals surface area contributed by atoms with E-state index in [9.17, 15) is 4.57 Å². The summed E-state index contributed by atoms with van der Waals surface area (Å²) >= 11 is 0. The van der Waals surface area contributed by atoms with Crippen molar-refractivity contribution in [2.45, 2.75) is 6.42 Å². The van der Waals surface area contributed by atoms with E-state index >= 15 is 0 Å². The number of aliphatic hydroxyl groups is 1. The molecule has 0 amide bonds. The molecule has 3 heteroatoms. The Morgan fingerprint density at radius 3 is 2.44 bits per heavy atom. The minimum absolute atomic E-state index is 0.133. The van der Waals surface area contributed by atoms with E-state index < -0.39 is 0 Å². The maximum atomic E-state index is 10.1. The van der Waals surface area contributed by atoms with E-state index in [1.807, 2.05) is 0 Å². The highest BCUT2D eigenvalue weighted by molar-refractivity contribution is 7.28. The van der Waals surface area contributed by atoms with E-state index in [0.717, 1.165) is 0 Å². The molecule has 2 nitrogen and oxygen atoms in total. The van der Waals surface area contributed by atoms with Crippen molar-refractivity contribution in [3.63, 3.8) is 0 Å². The minimum Gasteiger partial charge on any atom is -0.511 e. The smallest absolute Gasteiger partial charge is 0.172 e. The van der Waals surface area contributed by atoms with E-state index in [0.29, 0.717) is 12.1 Å². The Labute approximate surface area is 56.1 Å². The molecule has 0 aliphatic heterocycles. The summed E-state index contributed by atoms with van der Waals surface area (Å²) in [6.07, 6.45) is 1.97. The quantitative estimate of drug-likeness (QED) is 0.373. The molecule has 0 aliphatic rings. The van der Waals surface area contributed by atoms with Gasteiger partial charge in [0.25, 0.3) is 0 Å². The summed E-state index contributed by atoms with van der Waals surface area (Å²) in [6.45, 7) is 6.62. The van der Waals surface area contributed by atoms with Crippen molar-refractivity contribution in [3.8, 4) is 0 Å². The molecule has 0 aromatic carbocycles. The van der Waals surface area contributed by atoms with Gasteiger partial charge in [-0.15, -0.1) is 6.58 Å². The fourth-order valence-corrected chi connectivity index (χ4v) is 0.653. The molecule has 0 bridgehead atoms. The van der Waals surface area contributed by atoms with Crippen LogP contribution in [0, 0.1) is 5.66 Å². The van der Waals surface area contributed by atoms with Crippen molar-refractivity contribution >= 4 is 8.46 Å². The van der Waals surface area contributed by atoms with Gasteiger partial charge in [-0.2, -0.15) is 0 Å². The third kappa shape index (κ3) is 3.04. The average molecular weight is 143 g/mol. The normalized spacial score (nSPS) is 9.89. The molecule has 0 rings (SSSR count). The van der Waals surface area contributed by atoms with Crippen molar-refractivity contribution in [2.75, 3.05) is 0 Å². The van der Waals surface area contributed by atoms with Crippen molar-refractivity contribution in [2.24, 2.45) is 0 Å². The van der Waals surface area contributed by atoms with Gasteiger partial charge in [0, 0.05) is 0 Å². The van der Waals surface area contributed by atoms with Gasteiger partial charge in [0.2, 0.25) is 0 Å². The summed E-state index contributed by atoms with van der Waals surface area (Å²) < 4.78 is 10.1. The van der Waals surface area contributed by atoms with Gasteiger partial charge < -0.3 is 5.11 Å². The molecule has 0 heterocycles. The highest BCUT2D eigenvalue weighted by Gasteiger charge is 2.09. The predicted molar refractivity (Wildman–Crippen MR) is 37.4 cm³/mol. The summed E-state index contributed by atoms with van der Waals surface area (Å²) in [5, 5.41) is 8.66. The molecule has 1 N–H and O–H groups in total. The van der Waals surface area contributed by atoms with Crippen molar-refractivity contribution in [1.82, 2.24) is 0 Å². The lowest BCUT2D eigenvalue weighted by Gasteiger charge is -1.99. The monoisotopic (exact) mass is 143 g/mol. The second kappa shape index (κ2) is 4.28. The molecule has 49 valence electrons. The van der Waals surface area contributed by atoms with Crippen LogP contribution in [0.25, 0.3) is 0 Å². The first-order chi connectivity index (χ1) is 4.22. The SMILES string of the molecule is C=CC[C](P=O)C(=C)O. The molecule has 0 saturated heterocycles. The van der Waals surface area contributed by atoms with Gasteiger partial charge in [-0.05, 0) is 6.42 Å². The van der Waals surface area contributed by atoms with Crippen LogP contribution in [0.15, 0.2) is 25.0 Å². The molecule has 9 heavy (non-hydrogen) atoms. The largest absolute Gasteiger partial charge is 0.511 e. The first-order valence-electron chi connectivity index (χ1n) is 2.40. The lowest BCUT2D eigenvalue weighted by molar-refractivity contribution is 0.416. The average Bonchev–Trinajstić information content (AvgIpc) is 1.82. The molecule has 0 saturated carbocycles. The van der Waals surface area contributed by atoms with Gasteiger partial charge in [-0.25, -0.2) is 0 Å². The van der Waals surface area contributed by atoms with Crippen LogP contribution in [-0.2, 0) is 4.57 Å². The second-order valence-corrected chi connectivity index (χ2v) is 2.20. The third-order valence-corrected chi connectivity index (χ3v) is 1.44. The van der Waals surface area contributed by atoms with E-state index in [-0.39, 0.29) is 14.2 Å². The molecule has 0 aromatic heterocycles. The Hall–Kier alpha value is -0.620. The molecule has 1 radical (unpaired) electrons. The maximum absolute atomic E-state index is 10.1. The Morgan fingerprint density at radius 2 is 2.33 bits per heavy atom. The second-order valence-electron chi connectivity index (χ2n) is 1.48. The third-order valence-electron chi connectivity index (χ3n) is 0.781.